The zero-order valence-electron chi connectivity index (χ0n) is 8.06. The van der Waals surface area contributed by atoms with Crippen LogP contribution in [0.3, 0.4) is 0 Å². The largest absolute Gasteiger partial charge is 0.208 e. The van der Waals surface area contributed by atoms with Crippen molar-refractivity contribution < 1.29 is 0 Å². The van der Waals surface area contributed by atoms with Crippen LogP contribution in [0.15, 0.2) is 54.2 Å². The maximum atomic E-state index is 4.06. The molecule has 1 aromatic carbocycles. The lowest BCUT2D eigenvalue weighted by Crippen LogP contribution is -1.81. The lowest BCUT2D eigenvalue weighted by molar-refractivity contribution is 0.879. The van der Waals surface area contributed by atoms with Crippen LogP contribution in [0.1, 0.15) is 5.56 Å². The van der Waals surface area contributed by atoms with Crippen molar-refractivity contribution in [3.05, 3.63) is 54.6 Å². The molecule has 2 rings (SSSR count). The van der Waals surface area contributed by atoms with Crippen molar-refractivity contribution in [2.75, 3.05) is 0 Å². The molecule has 0 amide bonds. The Balaban J connectivity index is 1.96. The van der Waals surface area contributed by atoms with Crippen LogP contribution in [0.25, 0.3) is 6.08 Å². The van der Waals surface area contributed by atoms with Gasteiger partial charge in [-0.25, -0.2) is 4.68 Å². The number of nitrogens with zero attached hydrogens (tertiary/aromatic N) is 4. The first-order valence-corrected chi connectivity index (χ1v) is 4.56. The van der Waals surface area contributed by atoms with E-state index in [1.807, 2.05) is 42.5 Å². The molecule has 0 saturated carbocycles. The normalized spacial score (nSPS) is 11.5. The van der Waals surface area contributed by atoms with Gasteiger partial charge in [-0.1, -0.05) is 36.4 Å². The van der Waals surface area contributed by atoms with Gasteiger partial charge >= 0.3 is 0 Å². The molecule has 0 aliphatic carbocycles. The zero-order valence-corrected chi connectivity index (χ0v) is 8.06. The van der Waals surface area contributed by atoms with Crippen LogP contribution in [-0.4, -0.2) is 21.1 Å². The quantitative estimate of drug-likeness (QED) is 0.706. The fourth-order valence-corrected chi connectivity index (χ4v) is 1.09. The van der Waals surface area contributed by atoms with E-state index >= 15 is 0 Å². The molecule has 1 heterocycles. The topological polar surface area (TPSA) is 43.1 Å². The SMILES string of the molecule is C(=Cc1ccccc1)C=Nn1cnnc1. The maximum Gasteiger partial charge on any atom is 0.141 e. The molecule has 0 spiro atoms. The Morgan fingerprint density at radius 2 is 1.80 bits per heavy atom. The van der Waals surface area contributed by atoms with Gasteiger partial charge < -0.3 is 0 Å². The summed E-state index contributed by atoms with van der Waals surface area (Å²) in [5.41, 5.74) is 1.15. The van der Waals surface area contributed by atoms with Crippen molar-refractivity contribution in [1.29, 1.82) is 0 Å². The predicted molar refractivity (Wildman–Crippen MR) is 59.4 cm³/mol. The Kier molecular flexibility index (Phi) is 3.02. The molecular formula is C11H10N4. The third-order valence-corrected chi connectivity index (χ3v) is 1.78. The Labute approximate surface area is 87.6 Å². The lowest BCUT2D eigenvalue weighted by atomic mass is 10.2. The molecular weight excluding hydrogens is 188 g/mol. The number of allylic oxidation sites excluding steroid dienone is 1. The van der Waals surface area contributed by atoms with E-state index in [4.69, 9.17) is 0 Å². The van der Waals surface area contributed by atoms with Crippen molar-refractivity contribution in [2.45, 2.75) is 0 Å². The van der Waals surface area contributed by atoms with Gasteiger partial charge in [-0.15, -0.1) is 10.2 Å². The zero-order chi connectivity index (χ0) is 10.3. The molecule has 4 heteroatoms. The van der Waals surface area contributed by atoms with Crippen molar-refractivity contribution in [3.8, 4) is 0 Å². The average Bonchev–Trinajstić information content (AvgIpc) is 2.79. The molecule has 0 bridgehead atoms. The molecule has 0 fully saturated rings. The van der Waals surface area contributed by atoms with Crippen LogP contribution in [0.2, 0.25) is 0 Å². The van der Waals surface area contributed by atoms with Crippen LogP contribution in [0.5, 0.6) is 0 Å². The van der Waals surface area contributed by atoms with Gasteiger partial charge in [0.1, 0.15) is 12.7 Å². The predicted octanol–water partition coefficient (Wildman–Crippen LogP) is 1.83. The summed E-state index contributed by atoms with van der Waals surface area (Å²) >= 11 is 0. The summed E-state index contributed by atoms with van der Waals surface area (Å²) < 4.78 is 1.54. The summed E-state index contributed by atoms with van der Waals surface area (Å²) in [5, 5.41) is 11.3. The van der Waals surface area contributed by atoms with E-state index in [1.165, 1.54) is 17.3 Å². The molecule has 0 N–H and O–H groups in total. The summed E-state index contributed by atoms with van der Waals surface area (Å²) in [5.74, 6) is 0. The highest BCUT2D eigenvalue weighted by molar-refractivity contribution is 5.78. The second kappa shape index (κ2) is 4.85. The average molecular weight is 198 g/mol. The van der Waals surface area contributed by atoms with Gasteiger partial charge in [0.15, 0.2) is 0 Å². The molecule has 15 heavy (non-hydrogen) atoms. The molecule has 0 unspecified atom stereocenters. The molecule has 74 valence electrons. The minimum Gasteiger partial charge on any atom is -0.208 e. The third-order valence-electron chi connectivity index (χ3n) is 1.78. The Hall–Kier alpha value is -2.23. The van der Waals surface area contributed by atoms with Gasteiger partial charge in [-0.3, -0.25) is 0 Å². The van der Waals surface area contributed by atoms with E-state index in [1.54, 1.807) is 6.21 Å². The summed E-state index contributed by atoms with van der Waals surface area (Å²) in [4.78, 5) is 0. The van der Waals surface area contributed by atoms with Crippen LogP contribution in [0, 0.1) is 0 Å². The molecule has 4 nitrogen and oxygen atoms in total. The number of hydrogen-bond donors (Lipinski definition) is 0. The van der Waals surface area contributed by atoms with E-state index in [0.717, 1.165) is 5.56 Å². The molecule has 0 aliphatic rings. The highest BCUT2D eigenvalue weighted by atomic mass is 15.4. The minimum atomic E-state index is 1.15. The lowest BCUT2D eigenvalue weighted by Gasteiger charge is -1.88. The van der Waals surface area contributed by atoms with E-state index < -0.39 is 0 Å². The first-order valence-electron chi connectivity index (χ1n) is 4.56. The number of aromatic nitrogens is 3. The van der Waals surface area contributed by atoms with Crippen molar-refractivity contribution >= 4 is 12.3 Å². The molecule has 0 radical (unpaired) electrons. The van der Waals surface area contributed by atoms with Crippen LogP contribution in [-0.2, 0) is 0 Å². The van der Waals surface area contributed by atoms with Gasteiger partial charge in [0.25, 0.3) is 0 Å². The Morgan fingerprint density at radius 1 is 1.07 bits per heavy atom. The van der Waals surface area contributed by atoms with Gasteiger partial charge in [-0.05, 0) is 11.6 Å². The minimum absolute atomic E-state index is 1.15. The summed E-state index contributed by atoms with van der Waals surface area (Å²) in [6, 6.07) is 10.0. The third kappa shape index (κ3) is 2.87. The van der Waals surface area contributed by atoms with Crippen LogP contribution in [0.4, 0.5) is 0 Å². The molecule has 1 aromatic heterocycles. The first-order chi connectivity index (χ1) is 7.45. The highest BCUT2D eigenvalue weighted by Gasteiger charge is 1.81. The Morgan fingerprint density at radius 3 is 2.53 bits per heavy atom. The smallest absolute Gasteiger partial charge is 0.141 e. The summed E-state index contributed by atoms with van der Waals surface area (Å²) in [6.07, 6.45) is 8.61. The van der Waals surface area contributed by atoms with Gasteiger partial charge in [0.05, 0.1) is 0 Å². The van der Waals surface area contributed by atoms with Gasteiger partial charge in [-0.2, -0.15) is 5.10 Å². The standard InChI is InChI=1S/C11H10N4/c1-2-5-11(6-3-1)7-4-8-14-15-9-12-13-10-15/h1-10H. The first kappa shape index (κ1) is 9.33. The summed E-state index contributed by atoms with van der Waals surface area (Å²) in [6.45, 7) is 0. The molecule has 0 saturated heterocycles. The fourth-order valence-electron chi connectivity index (χ4n) is 1.09. The molecule has 0 aliphatic heterocycles. The monoisotopic (exact) mass is 198 g/mol. The molecule has 2 aromatic rings. The number of rotatable bonds is 3. The van der Waals surface area contributed by atoms with E-state index in [-0.39, 0.29) is 0 Å². The van der Waals surface area contributed by atoms with E-state index in [9.17, 15) is 0 Å². The van der Waals surface area contributed by atoms with Crippen LogP contribution >= 0.6 is 0 Å². The second-order valence-electron chi connectivity index (χ2n) is 2.88. The van der Waals surface area contributed by atoms with Gasteiger partial charge in [0, 0.05) is 6.21 Å². The number of benzene rings is 1. The van der Waals surface area contributed by atoms with Crippen molar-refractivity contribution in [1.82, 2.24) is 14.9 Å². The van der Waals surface area contributed by atoms with Crippen LogP contribution < -0.4 is 0 Å². The Bertz CT molecular complexity index is 443. The number of hydrogen-bond acceptors (Lipinski definition) is 3. The summed E-state index contributed by atoms with van der Waals surface area (Å²) in [7, 11) is 0. The van der Waals surface area contributed by atoms with Crippen molar-refractivity contribution in [2.24, 2.45) is 5.10 Å². The second-order valence-corrected chi connectivity index (χ2v) is 2.88. The molecule has 0 atom stereocenters. The maximum absolute atomic E-state index is 4.06. The van der Waals surface area contributed by atoms with E-state index in [0.29, 0.717) is 0 Å². The van der Waals surface area contributed by atoms with E-state index in [2.05, 4.69) is 15.3 Å². The highest BCUT2D eigenvalue weighted by Crippen LogP contribution is 1.99. The van der Waals surface area contributed by atoms with Gasteiger partial charge in [0.2, 0.25) is 0 Å². The van der Waals surface area contributed by atoms with Crippen molar-refractivity contribution in [3.63, 3.8) is 0 Å². The fraction of sp³-hybridized carbons (Fsp3) is 0.